The SMILES string of the molecule is Cc1c(C)n(C2CCCC2)c(=S)n1CN(C)CC(=O)NC(C)C. The fourth-order valence-corrected chi connectivity index (χ4v) is 3.93. The van der Waals surface area contributed by atoms with Gasteiger partial charge in [-0.2, -0.15) is 0 Å². The lowest BCUT2D eigenvalue weighted by atomic mass is 10.2. The van der Waals surface area contributed by atoms with E-state index in [9.17, 15) is 4.79 Å². The zero-order chi connectivity index (χ0) is 17.1. The molecule has 1 fully saturated rings. The molecule has 5 nitrogen and oxygen atoms in total. The second-order valence-corrected chi connectivity index (χ2v) is 7.43. The molecule has 1 aliphatic carbocycles. The van der Waals surface area contributed by atoms with Crippen LogP contribution in [0.2, 0.25) is 0 Å². The molecule has 1 amide bonds. The summed E-state index contributed by atoms with van der Waals surface area (Å²) in [5.41, 5.74) is 2.47. The van der Waals surface area contributed by atoms with Crippen LogP contribution < -0.4 is 5.32 Å². The second kappa shape index (κ2) is 7.62. The van der Waals surface area contributed by atoms with Crippen molar-refractivity contribution in [1.29, 1.82) is 0 Å². The van der Waals surface area contributed by atoms with Crippen LogP contribution in [0.3, 0.4) is 0 Å². The molecule has 0 atom stereocenters. The van der Waals surface area contributed by atoms with Crippen molar-refractivity contribution in [1.82, 2.24) is 19.4 Å². The van der Waals surface area contributed by atoms with Gasteiger partial charge in [-0.3, -0.25) is 9.69 Å². The van der Waals surface area contributed by atoms with Crippen molar-refractivity contribution in [3.05, 3.63) is 16.2 Å². The lowest BCUT2D eigenvalue weighted by molar-refractivity contribution is -0.122. The molecule has 6 heteroatoms. The molecular formula is C17H30N4OS. The van der Waals surface area contributed by atoms with Gasteiger partial charge in [0.1, 0.15) is 0 Å². The van der Waals surface area contributed by atoms with Crippen molar-refractivity contribution in [2.24, 2.45) is 0 Å². The van der Waals surface area contributed by atoms with Crippen LogP contribution in [-0.2, 0) is 11.5 Å². The molecule has 1 saturated carbocycles. The molecule has 0 spiro atoms. The lowest BCUT2D eigenvalue weighted by Crippen LogP contribution is -2.39. The van der Waals surface area contributed by atoms with Gasteiger partial charge in [-0.05, 0) is 59.8 Å². The topological polar surface area (TPSA) is 42.2 Å². The van der Waals surface area contributed by atoms with Crippen LogP contribution in [0.5, 0.6) is 0 Å². The number of hydrogen-bond acceptors (Lipinski definition) is 3. The van der Waals surface area contributed by atoms with Gasteiger partial charge in [0, 0.05) is 23.5 Å². The smallest absolute Gasteiger partial charge is 0.234 e. The third-order valence-corrected chi connectivity index (χ3v) is 5.08. The Hall–Kier alpha value is -1.14. The summed E-state index contributed by atoms with van der Waals surface area (Å²) in [6, 6.07) is 0.725. The Bertz CT molecular complexity index is 611. The van der Waals surface area contributed by atoms with E-state index in [0.717, 1.165) is 4.77 Å². The predicted molar refractivity (Wildman–Crippen MR) is 96.1 cm³/mol. The van der Waals surface area contributed by atoms with Crippen molar-refractivity contribution in [3.8, 4) is 0 Å². The Kier molecular flexibility index (Phi) is 6.03. The van der Waals surface area contributed by atoms with Crippen LogP contribution in [0.4, 0.5) is 0 Å². The number of aromatic nitrogens is 2. The van der Waals surface area contributed by atoms with E-state index in [1.54, 1.807) is 0 Å². The molecule has 1 aromatic heterocycles. The molecule has 130 valence electrons. The Morgan fingerprint density at radius 3 is 2.48 bits per heavy atom. The Morgan fingerprint density at radius 1 is 1.30 bits per heavy atom. The molecular weight excluding hydrogens is 308 g/mol. The first kappa shape index (κ1) is 18.2. The van der Waals surface area contributed by atoms with Crippen LogP contribution in [0.25, 0.3) is 0 Å². The fraction of sp³-hybridized carbons (Fsp3) is 0.765. The summed E-state index contributed by atoms with van der Waals surface area (Å²) in [5, 5.41) is 2.93. The fourth-order valence-electron chi connectivity index (χ4n) is 3.45. The predicted octanol–water partition coefficient (Wildman–Crippen LogP) is 3.16. The van der Waals surface area contributed by atoms with Crippen LogP contribution in [0.1, 0.15) is 57.0 Å². The summed E-state index contributed by atoms with van der Waals surface area (Å²) in [4.78, 5) is 13.9. The highest BCUT2D eigenvalue weighted by Crippen LogP contribution is 2.32. The molecule has 0 bridgehead atoms. The molecule has 1 aliphatic rings. The van der Waals surface area contributed by atoms with E-state index in [-0.39, 0.29) is 11.9 Å². The second-order valence-electron chi connectivity index (χ2n) is 7.07. The molecule has 0 radical (unpaired) electrons. The van der Waals surface area contributed by atoms with E-state index in [0.29, 0.717) is 19.3 Å². The molecule has 1 N–H and O–H groups in total. The number of amides is 1. The van der Waals surface area contributed by atoms with Crippen molar-refractivity contribution >= 4 is 18.1 Å². The average molecular weight is 339 g/mol. The van der Waals surface area contributed by atoms with E-state index >= 15 is 0 Å². The third kappa shape index (κ3) is 4.23. The largest absolute Gasteiger partial charge is 0.353 e. The highest BCUT2D eigenvalue weighted by atomic mass is 32.1. The molecule has 0 unspecified atom stereocenters. The van der Waals surface area contributed by atoms with Crippen molar-refractivity contribution in [2.75, 3.05) is 13.6 Å². The molecule has 23 heavy (non-hydrogen) atoms. The van der Waals surface area contributed by atoms with Crippen LogP contribution in [0, 0.1) is 18.6 Å². The number of imidazole rings is 1. The summed E-state index contributed by atoms with van der Waals surface area (Å²) in [5.74, 6) is 0.0543. The van der Waals surface area contributed by atoms with Gasteiger partial charge in [0.15, 0.2) is 4.77 Å². The maximum atomic E-state index is 11.9. The standard InChI is InChI=1S/C17H30N4OS/c1-12(2)18-16(22)10-19(5)11-20-13(3)14(4)21(17(20)23)15-8-6-7-9-15/h12,15H,6-11H2,1-5H3,(H,18,22). The van der Waals surface area contributed by atoms with Crippen LogP contribution in [-0.4, -0.2) is 39.6 Å². The molecule has 2 rings (SSSR count). The third-order valence-electron chi connectivity index (χ3n) is 4.66. The maximum Gasteiger partial charge on any atom is 0.234 e. The lowest BCUT2D eigenvalue weighted by Gasteiger charge is -2.19. The zero-order valence-electron chi connectivity index (χ0n) is 15.1. The average Bonchev–Trinajstić information content (AvgIpc) is 3.02. The van der Waals surface area contributed by atoms with E-state index in [1.165, 1.54) is 37.1 Å². The van der Waals surface area contributed by atoms with Gasteiger partial charge in [-0.15, -0.1) is 0 Å². The Morgan fingerprint density at radius 2 is 1.91 bits per heavy atom. The van der Waals surface area contributed by atoms with Gasteiger partial charge in [-0.1, -0.05) is 12.8 Å². The van der Waals surface area contributed by atoms with E-state index in [2.05, 4.69) is 28.3 Å². The Balaban J connectivity index is 2.12. The highest BCUT2D eigenvalue weighted by molar-refractivity contribution is 7.71. The first-order valence-corrected chi connectivity index (χ1v) is 8.98. The summed E-state index contributed by atoms with van der Waals surface area (Å²) < 4.78 is 5.38. The van der Waals surface area contributed by atoms with Crippen LogP contribution >= 0.6 is 12.2 Å². The molecule has 0 aliphatic heterocycles. The van der Waals surface area contributed by atoms with Gasteiger partial charge in [-0.25, -0.2) is 0 Å². The minimum atomic E-state index is 0.0543. The normalized spacial score (nSPS) is 15.8. The molecule has 1 aromatic rings. The number of likely N-dealkylation sites (N-methyl/N-ethyl adjacent to an activating group) is 1. The van der Waals surface area contributed by atoms with Crippen molar-refractivity contribution < 1.29 is 4.79 Å². The summed E-state index contributed by atoms with van der Waals surface area (Å²) in [7, 11) is 1.96. The minimum Gasteiger partial charge on any atom is -0.353 e. The number of nitrogens with one attached hydrogen (secondary N) is 1. The van der Waals surface area contributed by atoms with E-state index < -0.39 is 0 Å². The van der Waals surface area contributed by atoms with Crippen molar-refractivity contribution in [2.45, 2.75) is 72.1 Å². The monoisotopic (exact) mass is 338 g/mol. The van der Waals surface area contributed by atoms with Gasteiger partial charge in [0.2, 0.25) is 5.91 Å². The van der Waals surface area contributed by atoms with Gasteiger partial charge >= 0.3 is 0 Å². The number of nitrogens with zero attached hydrogens (tertiary/aromatic N) is 3. The Labute approximate surface area is 144 Å². The van der Waals surface area contributed by atoms with Gasteiger partial charge in [0.05, 0.1) is 13.2 Å². The van der Waals surface area contributed by atoms with Gasteiger partial charge in [0.25, 0.3) is 0 Å². The summed E-state index contributed by atoms with van der Waals surface area (Å²) >= 11 is 5.74. The summed E-state index contributed by atoms with van der Waals surface area (Å²) in [6.07, 6.45) is 5.05. The maximum absolute atomic E-state index is 11.9. The number of carbonyl (C=O) groups is 1. The van der Waals surface area contributed by atoms with E-state index in [1.807, 2.05) is 25.8 Å². The molecule has 0 aromatic carbocycles. The van der Waals surface area contributed by atoms with Gasteiger partial charge < -0.3 is 14.5 Å². The number of hydrogen-bond donors (Lipinski definition) is 1. The molecule has 0 saturated heterocycles. The quantitative estimate of drug-likeness (QED) is 0.810. The van der Waals surface area contributed by atoms with Crippen LogP contribution in [0.15, 0.2) is 0 Å². The number of carbonyl (C=O) groups excluding carboxylic acids is 1. The first-order chi connectivity index (χ1) is 10.8. The number of rotatable bonds is 6. The van der Waals surface area contributed by atoms with Crippen molar-refractivity contribution in [3.63, 3.8) is 0 Å². The summed E-state index contributed by atoms with van der Waals surface area (Å²) in [6.45, 7) is 9.26. The first-order valence-electron chi connectivity index (χ1n) is 8.57. The molecule has 1 heterocycles. The zero-order valence-corrected chi connectivity index (χ0v) is 15.9. The highest BCUT2D eigenvalue weighted by Gasteiger charge is 2.22. The minimum absolute atomic E-state index is 0.0543. The van der Waals surface area contributed by atoms with E-state index in [4.69, 9.17) is 12.2 Å².